The summed E-state index contributed by atoms with van der Waals surface area (Å²) in [5.74, 6) is 0.498. The lowest BCUT2D eigenvalue weighted by atomic mass is 10.2. The number of hydrogen-bond donors (Lipinski definition) is 1. The average molecular weight is 356 g/mol. The minimum Gasteiger partial charge on any atom is -0.301 e. The van der Waals surface area contributed by atoms with Gasteiger partial charge in [-0.05, 0) is 17.7 Å². The fraction of sp³-hybridized carbons (Fsp3) is 0.455. The van der Waals surface area contributed by atoms with Crippen molar-refractivity contribution in [2.24, 2.45) is 5.50 Å². The van der Waals surface area contributed by atoms with Gasteiger partial charge in [0.25, 0.3) is 5.69 Å². The van der Waals surface area contributed by atoms with Crippen LogP contribution in [-0.2, 0) is 15.7 Å². The van der Waals surface area contributed by atoms with Crippen molar-refractivity contribution in [3.63, 3.8) is 0 Å². The van der Waals surface area contributed by atoms with Gasteiger partial charge in [0.1, 0.15) is 0 Å². The predicted octanol–water partition coefficient (Wildman–Crippen LogP) is 2.96. The highest BCUT2D eigenvalue weighted by Crippen LogP contribution is 2.43. The number of nitro groups is 1. The van der Waals surface area contributed by atoms with Crippen LogP contribution < -0.4 is 5.50 Å². The maximum absolute atomic E-state index is 12.3. The first-order chi connectivity index (χ1) is 9.90. The molecule has 0 amide bonds. The molecule has 0 aromatic heterocycles. The van der Waals surface area contributed by atoms with Crippen molar-refractivity contribution in [3.8, 4) is 0 Å². The van der Waals surface area contributed by atoms with E-state index in [0.717, 1.165) is 0 Å². The maximum atomic E-state index is 12.3. The molecule has 1 unspecified atom stereocenters. The Morgan fingerprint density at radius 1 is 1.24 bits per heavy atom. The van der Waals surface area contributed by atoms with Gasteiger partial charge in [0.05, 0.1) is 11.5 Å². The molecule has 0 radical (unpaired) electrons. The van der Waals surface area contributed by atoms with Gasteiger partial charge in [0.2, 0.25) is 0 Å². The van der Waals surface area contributed by atoms with E-state index in [4.69, 9.17) is 33.2 Å². The molecule has 1 rings (SSSR count). The van der Waals surface area contributed by atoms with Crippen LogP contribution in [0.5, 0.6) is 0 Å². The molecular formula is C11H16Cl2N3O4P. The fourth-order valence-electron chi connectivity index (χ4n) is 1.55. The smallest absolute Gasteiger partial charge is 0.301 e. The van der Waals surface area contributed by atoms with Crippen molar-refractivity contribution in [3.05, 3.63) is 39.9 Å². The van der Waals surface area contributed by atoms with E-state index in [2.05, 4.69) is 0 Å². The van der Waals surface area contributed by atoms with Gasteiger partial charge >= 0.3 is 7.67 Å². The number of non-ortho nitro benzene ring substituents is 1. The number of halogens is 2. The quantitative estimate of drug-likeness (QED) is 0.316. The molecule has 0 saturated carbocycles. The molecule has 10 heteroatoms. The summed E-state index contributed by atoms with van der Waals surface area (Å²) in [4.78, 5) is 10.0. The van der Waals surface area contributed by atoms with Crippen molar-refractivity contribution in [1.82, 2.24) is 4.67 Å². The lowest BCUT2D eigenvalue weighted by Gasteiger charge is -2.26. The highest BCUT2D eigenvalue weighted by molar-refractivity contribution is 7.53. The summed E-state index contributed by atoms with van der Waals surface area (Å²) in [6.07, 6.45) is 0. The lowest BCUT2D eigenvalue weighted by molar-refractivity contribution is -0.384. The molecule has 1 aromatic rings. The molecule has 0 spiro atoms. The normalized spacial score (nSPS) is 14.1. The summed E-state index contributed by atoms with van der Waals surface area (Å²) in [5.41, 5.74) is 6.29. The second kappa shape index (κ2) is 8.68. The van der Waals surface area contributed by atoms with E-state index in [1.165, 1.54) is 28.9 Å². The Balaban J connectivity index is 2.66. The van der Waals surface area contributed by atoms with Gasteiger partial charge in [-0.1, -0.05) is 0 Å². The van der Waals surface area contributed by atoms with E-state index < -0.39 is 12.6 Å². The van der Waals surface area contributed by atoms with E-state index >= 15 is 0 Å². The summed E-state index contributed by atoms with van der Waals surface area (Å²) in [6.45, 7) is 0.567. The van der Waals surface area contributed by atoms with Gasteiger partial charge in [-0.15, -0.1) is 23.2 Å². The molecule has 21 heavy (non-hydrogen) atoms. The average Bonchev–Trinajstić information content (AvgIpc) is 2.45. The summed E-state index contributed by atoms with van der Waals surface area (Å²) >= 11 is 11.2. The molecule has 1 atom stereocenters. The van der Waals surface area contributed by atoms with Crippen molar-refractivity contribution in [2.45, 2.75) is 6.61 Å². The zero-order chi connectivity index (χ0) is 15.9. The summed E-state index contributed by atoms with van der Waals surface area (Å²) in [5, 5.41) is 10.5. The molecular weight excluding hydrogens is 340 g/mol. The molecule has 0 aliphatic rings. The largest absolute Gasteiger partial charge is 0.341 e. The van der Waals surface area contributed by atoms with Crippen molar-refractivity contribution >= 4 is 36.6 Å². The first-order valence-electron chi connectivity index (χ1n) is 6.04. The van der Waals surface area contributed by atoms with Gasteiger partial charge in [-0.25, -0.2) is 10.2 Å². The van der Waals surface area contributed by atoms with Crippen molar-refractivity contribution < 1.29 is 14.0 Å². The minimum absolute atomic E-state index is 0.0210. The van der Waals surface area contributed by atoms with E-state index in [1.54, 1.807) is 0 Å². The molecule has 0 bridgehead atoms. The minimum atomic E-state index is -3.50. The molecule has 0 fully saturated rings. The van der Waals surface area contributed by atoms with Crippen LogP contribution in [0, 0.1) is 10.1 Å². The first-order valence-corrected chi connectivity index (χ1v) is 8.76. The predicted molar refractivity (Wildman–Crippen MR) is 82.7 cm³/mol. The Morgan fingerprint density at radius 3 is 2.19 bits per heavy atom. The van der Waals surface area contributed by atoms with Crippen LogP contribution in [0.3, 0.4) is 0 Å². The number of nitrogens with zero attached hydrogens (tertiary/aromatic N) is 2. The second-order valence-corrected chi connectivity index (χ2v) is 6.80. The Bertz CT molecular complexity index is 509. The molecule has 1 aromatic carbocycles. The number of hydrogen-bond acceptors (Lipinski definition) is 4. The molecule has 118 valence electrons. The van der Waals surface area contributed by atoms with Gasteiger partial charge in [-0.2, -0.15) is 0 Å². The molecule has 0 aliphatic heterocycles. The molecule has 7 nitrogen and oxygen atoms in total. The number of nitro benzene ring substituents is 1. The Hall–Kier alpha value is -0.690. The SMILES string of the molecule is NP(=O)(OCc1ccc([N+](=O)[O-])cc1)N(CCCl)CCCl. The molecule has 2 N–H and O–H groups in total. The van der Waals surface area contributed by atoms with Crippen LogP contribution in [0.15, 0.2) is 24.3 Å². The van der Waals surface area contributed by atoms with Gasteiger partial charge in [-0.3, -0.25) is 14.7 Å². The molecule has 0 heterocycles. The number of rotatable bonds is 9. The Kier molecular flexibility index (Phi) is 7.59. The third kappa shape index (κ3) is 5.90. The standard InChI is InChI=1S/C11H16Cl2N3O4P/c12-5-7-15(8-6-13)21(14,19)20-9-10-1-3-11(4-2-10)16(17)18/h1-4H,5-9H2,(H2,14,19). The monoisotopic (exact) mass is 355 g/mol. The third-order valence-corrected chi connectivity index (χ3v) is 4.67. The number of nitrogens with two attached hydrogens (primary N) is 1. The first kappa shape index (κ1) is 18.4. The highest BCUT2D eigenvalue weighted by Gasteiger charge is 2.26. The van der Waals surface area contributed by atoms with Gasteiger partial charge in [0.15, 0.2) is 0 Å². The van der Waals surface area contributed by atoms with Crippen LogP contribution in [0.1, 0.15) is 5.56 Å². The summed E-state index contributed by atoms with van der Waals surface area (Å²) in [6, 6.07) is 5.72. The van der Waals surface area contributed by atoms with Gasteiger partial charge in [0, 0.05) is 37.0 Å². The van der Waals surface area contributed by atoms with Crippen LogP contribution in [0.25, 0.3) is 0 Å². The molecule has 0 aliphatic carbocycles. The van der Waals surface area contributed by atoms with E-state index in [9.17, 15) is 14.7 Å². The Morgan fingerprint density at radius 2 is 1.76 bits per heavy atom. The maximum Gasteiger partial charge on any atom is 0.341 e. The van der Waals surface area contributed by atoms with E-state index in [-0.39, 0.29) is 24.1 Å². The zero-order valence-corrected chi connectivity index (χ0v) is 13.6. The molecule has 0 saturated heterocycles. The second-order valence-electron chi connectivity index (χ2n) is 4.09. The zero-order valence-electron chi connectivity index (χ0n) is 11.2. The number of alkyl halides is 2. The Labute approximate surface area is 132 Å². The number of benzene rings is 1. The van der Waals surface area contributed by atoms with Crippen molar-refractivity contribution in [1.29, 1.82) is 0 Å². The fourth-order valence-corrected chi connectivity index (χ4v) is 3.45. The summed E-state index contributed by atoms with van der Waals surface area (Å²) in [7, 11) is -3.50. The van der Waals surface area contributed by atoms with Crippen LogP contribution in [0.2, 0.25) is 0 Å². The summed E-state index contributed by atoms with van der Waals surface area (Å²) < 4.78 is 19.0. The van der Waals surface area contributed by atoms with Crippen LogP contribution in [0.4, 0.5) is 5.69 Å². The third-order valence-electron chi connectivity index (χ3n) is 2.64. The van der Waals surface area contributed by atoms with Crippen molar-refractivity contribution in [2.75, 3.05) is 24.8 Å². The lowest BCUT2D eigenvalue weighted by Crippen LogP contribution is -2.29. The van der Waals surface area contributed by atoms with Gasteiger partial charge < -0.3 is 4.52 Å². The topological polar surface area (TPSA) is 98.7 Å². The van der Waals surface area contributed by atoms with Crippen LogP contribution >= 0.6 is 30.9 Å². The van der Waals surface area contributed by atoms with E-state index in [0.29, 0.717) is 18.7 Å². The highest BCUT2D eigenvalue weighted by atomic mass is 35.5. The van der Waals surface area contributed by atoms with E-state index in [1.807, 2.05) is 0 Å². The van der Waals surface area contributed by atoms with Crippen LogP contribution in [-0.4, -0.2) is 34.4 Å².